The van der Waals surface area contributed by atoms with Gasteiger partial charge in [-0.2, -0.15) is 0 Å². The van der Waals surface area contributed by atoms with Crippen molar-refractivity contribution in [3.8, 4) is 0 Å². The maximum Gasteiger partial charge on any atom is 0.333 e. The second-order valence-electron chi connectivity index (χ2n) is 4.92. The van der Waals surface area contributed by atoms with Crippen molar-refractivity contribution in [2.45, 2.75) is 45.7 Å². The van der Waals surface area contributed by atoms with Crippen molar-refractivity contribution >= 4 is 15.7 Å². The van der Waals surface area contributed by atoms with Gasteiger partial charge in [-0.3, -0.25) is 4.57 Å². The van der Waals surface area contributed by atoms with Crippen LogP contribution in [0, 0.1) is 0 Å². The van der Waals surface area contributed by atoms with E-state index >= 15 is 0 Å². The molecule has 0 bridgehead atoms. The van der Waals surface area contributed by atoms with Crippen LogP contribution >= 0.6 is 7.60 Å². The van der Waals surface area contributed by atoms with Crippen molar-refractivity contribution in [2.24, 2.45) is 0 Å². The average molecular weight is 282 g/mol. The quantitative estimate of drug-likeness (QED) is 0.479. The third kappa shape index (κ3) is 5.66. The first-order valence-corrected chi connectivity index (χ1v) is 11.5. The van der Waals surface area contributed by atoms with Gasteiger partial charge < -0.3 is 13.8 Å². The number of rotatable bonds is 9. The summed E-state index contributed by atoms with van der Waals surface area (Å²) in [5.41, 5.74) is 0. The van der Waals surface area contributed by atoms with Crippen molar-refractivity contribution in [1.82, 2.24) is 0 Å². The standard InChI is InChI=1S/C11H27O4PSi/c1-7-13-10-11(17(4,5)6)16(12,14-8-2)15-9-3/h11H,7-10H2,1-6H3. The molecule has 104 valence electrons. The molecular weight excluding hydrogens is 255 g/mol. The van der Waals surface area contributed by atoms with E-state index in [0.717, 1.165) is 0 Å². The van der Waals surface area contributed by atoms with Gasteiger partial charge in [0.25, 0.3) is 0 Å². The van der Waals surface area contributed by atoms with E-state index in [-0.39, 0.29) is 5.28 Å². The molecule has 0 spiro atoms. The van der Waals surface area contributed by atoms with Gasteiger partial charge in [-0.05, 0) is 20.8 Å². The Kier molecular flexibility index (Phi) is 7.84. The Morgan fingerprint density at radius 3 is 1.76 bits per heavy atom. The summed E-state index contributed by atoms with van der Waals surface area (Å²) in [6.07, 6.45) is 0. The highest BCUT2D eigenvalue weighted by Gasteiger charge is 2.44. The van der Waals surface area contributed by atoms with Gasteiger partial charge in [0.05, 0.1) is 33.2 Å². The van der Waals surface area contributed by atoms with Gasteiger partial charge in [0.1, 0.15) is 0 Å². The molecule has 0 radical (unpaired) electrons. The van der Waals surface area contributed by atoms with Crippen LogP contribution in [-0.2, 0) is 18.3 Å². The van der Waals surface area contributed by atoms with Gasteiger partial charge in [0.2, 0.25) is 0 Å². The van der Waals surface area contributed by atoms with Crippen molar-refractivity contribution in [2.75, 3.05) is 26.4 Å². The SMILES string of the molecule is CCOCC([Si](C)(C)C)P(=O)(OCC)OCC. The van der Waals surface area contributed by atoms with Gasteiger partial charge in [-0.15, -0.1) is 0 Å². The molecule has 17 heavy (non-hydrogen) atoms. The van der Waals surface area contributed by atoms with Crippen LogP contribution in [0.1, 0.15) is 20.8 Å². The Labute approximate surface area is 107 Å². The molecule has 1 atom stereocenters. The van der Waals surface area contributed by atoms with Crippen molar-refractivity contribution in [3.63, 3.8) is 0 Å². The highest BCUT2D eigenvalue weighted by atomic mass is 31.2. The maximum absolute atomic E-state index is 12.8. The first-order chi connectivity index (χ1) is 7.81. The molecule has 1 unspecified atom stereocenters. The Morgan fingerprint density at radius 2 is 1.47 bits per heavy atom. The summed E-state index contributed by atoms with van der Waals surface area (Å²) >= 11 is 0. The van der Waals surface area contributed by atoms with E-state index in [0.29, 0.717) is 26.4 Å². The minimum Gasteiger partial charge on any atom is -0.381 e. The third-order valence-electron chi connectivity index (χ3n) is 2.48. The van der Waals surface area contributed by atoms with E-state index in [9.17, 15) is 4.57 Å². The van der Waals surface area contributed by atoms with E-state index in [1.807, 2.05) is 20.8 Å². The lowest BCUT2D eigenvalue weighted by atomic mass is 10.8. The van der Waals surface area contributed by atoms with Gasteiger partial charge in [-0.25, -0.2) is 0 Å². The van der Waals surface area contributed by atoms with E-state index in [1.165, 1.54) is 0 Å². The molecule has 0 aliphatic carbocycles. The second-order valence-corrected chi connectivity index (χ2v) is 13.1. The summed E-state index contributed by atoms with van der Waals surface area (Å²) in [6, 6.07) is 0. The fraction of sp³-hybridized carbons (Fsp3) is 1.00. The zero-order valence-corrected chi connectivity index (χ0v) is 13.9. The number of hydrogen-bond acceptors (Lipinski definition) is 4. The van der Waals surface area contributed by atoms with Crippen LogP contribution in [0.4, 0.5) is 0 Å². The van der Waals surface area contributed by atoms with E-state index < -0.39 is 15.7 Å². The molecule has 0 N–H and O–H groups in total. The van der Waals surface area contributed by atoms with Crippen LogP contribution in [0.5, 0.6) is 0 Å². The summed E-state index contributed by atoms with van der Waals surface area (Å²) in [4.78, 5) is 0. The first-order valence-electron chi connectivity index (χ1n) is 6.28. The molecule has 0 fully saturated rings. The fourth-order valence-electron chi connectivity index (χ4n) is 1.62. The number of ether oxygens (including phenoxy) is 1. The van der Waals surface area contributed by atoms with Crippen molar-refractivity contribution in [3.05, 3.63) is 0 Å². The first kappa shape index (κ1) is 17.3. The molecule has 0 aromatic heterocycles. The lowest BCUT2D eigenvalue weighted by Gasteiger charge is -2.34. The van der Waals surface area contributed by atoms with E-state index in [4.69, 9.17) is 13.8 Å². The highest BCUT2D eigenvalue weighted by Crippen LogP contribution is 2.55. The Bertz CT molecular complexity index is 242. The number of hydrogen-bond donors (Lipinski definition) is 0. The lowest BCUT2D eigenvalue weighted by molar-refractivity contribution is 0.142. The molecule has 0 aromatic carbocycles. The van der Waals surface area contributed by atoms with Gasteiger partial charge in [0.15, 0.2) is 0 Å². The fourth-order valence-corrected chi connectivity index (χ4v) is 7.92. The van der Waals surface area contributed by atoms with Gasteiger partial charge in [-0.1, -0.05) is 19.6 Å². The Balaban J connectivity index is 5.00. The lowest BCUT2D eigenvalue weighted by Crippen LogP contribution is -2.42. The zero-order chi connectivity index (χ0) is 13.5. The summed E-state index contributed by atoms with van der Waals surface area (Å²) in [6.45, 7) is 14.0. The molecular formula is C11H27O4PSi. The van der Waals surface area contributed by atoms with Crippen molar-refractivity contribution < 1.29 is 18.3 Å². The van der Waals surface area contributed by atoms with Crippen molar-refractivity contribution in [1.29, 1.82) is 0 Å². The van der Waals surface area contributed by atoms with Gasteiger partial charge >= 0.3 is 7.60 Å². The largest absolute Gasteiger partial charge is 0.381 e. The summed E-state index contributed by atoms with van der Waals surface area (Å²) < 4.78 is 29.1. The van der Waals surface area contributed by atoms with Crippen LogP contribution in [0.15, 0.2) is 0 Å². The van der Waals surface area contributed by atoms with Crippen LogP contribution < -0.4 is 0 Å². The molecule has 0 rings (SSSR count). The van der Waals surface area contributed by atoms with Gasteiger partial charge in [0, 0.05) is 6.61 Å². The molecule has 0 aromatic rings. The summed E-state index contributed by atoms with van der Waals surface area (Å²) in [7, 11) is -4.72. The molecule has 0 saturated carbocycles. The molecule has 0 aliphatic rings. The average Bonchev–Trinajstić information content (AvgIpc) is 2.16. The molecule has 0 amide bonds. The molecule has 0 heterocycles. The smallest absolute Gasteiger partial charge is 0.333 e. The van der Waals surface area contributed by atoms with Crippen LogP contribution in [0.3, 0.4) is 0 Å². The molecule has 6 heteroatoms. The monoisotopic (exact) mass is 282 g/mol. The molecule has 0 saturated heterocycles. The normalized spacial score (nSPS) is 14.9. The highest BCUT2D eigenvalue weighted by molar-refractivity contribution is 7.58. The zero-order valence-electron chi connectivity index (χ0n) is 12.0. The van der Waals surface area contributed by atoms with Crippen LogP contribution in [0.25, 0.3) is 0 Å². The topological polar surface area (TPSA) is 44.8 Å². The third-order valence-corrected chi connectivity index (χ3v) is 10.1. The van der Waals surface area contributed by atoms with E-state index in [1.54, 1.807) is 0 Å². The van der Waals surface area contributed by atoms with Crippen LogP contribution in [-0.4, -0.2) is 39.8 Å². The minimum absolute atomic E-state index is 0.102. The maximum atomic E-state index is 12.8. The summed E-state index contributed by atoms with van der Waals surface area (Å²) in [5, 5.41) is -0.102. The predicted molar refractivity (Wildman–Crippen MR) is 74.5 cm³/mol. The van der Waals surface area contributed by atoms with Crippen LogP contribution in [0.2, 0.25) is 19.6 Å². The predicted octanol–water partition coefficient (Wildman–Crippen LogP) is 3.54. The Morgan fingerprint density at radius 1 is 1.00 bits per heavy atom. The van der Waals surface area contributed by atoms with E-state index in [2.05, 4.69) is 19.6 Å². The molecule has 0 aliphatic heterocycles. The molecule has 4 nitrogen and oxygen atoms in total. The second kappa shape index (κ2) is 7.69. The minimum atomic E-state index is -3.04. The Hall–Kier alpha value is 0.327. The summed E-state index contributed by atoms with van der Waals surface area (Å²) in [5.74, 6) is 0.